The summed E-state index contributed by atoms with van der Waals surface area (Å²) in [5.41, 5.74) is 2.80. The Morgan fingerprint density at radius 1 is 0.556 bits per heavy atom. The van der Waals surface area contributed by atoms with Crippen LogP contribution < -0.4 is 0 Å². The average Bonchev–Trinajstić information content (AvgIpc) is 2.42. The van der Waals surface area contributed by atoms with Crippen LogP contribution in [0, 0.1) is 0 Å². The minimum absolute atomic E-state index is 0.812. The lowest BCUT2D eigenvalue weighted by molar-refractivity contribution is 1.38. The molecule has 0 saturated carbocycles. The lowest BCUT2D eigenvalue weighted by atomic mass is 10.1. The highest BCUT2D eigenvalue weighted by molar-refractivity contribution is 5.96. The minimum atomic E-state index is 0.812. The van der Waals surface area contributed by atoms with Gasteiger partial charge >= 0.3 is 0 Å². The van der Waals surface area contributed by atoms with Crippen molar-refractivity contribution in [2.45, 2.75) is 0 Å². The molecule has 4 rings (SSSR count). The van der Waals surface area contributed by atoms with Crippen LogP contribution in [0.3, 0.4) is 0 Å². The van der Waals surface area contributed by atoms with E-state index in [1.165, 1.54) is 0 Å². The van der Waals surface area contributed by atoms with Crippen LogP contribution in [0.4, 0.5) is 0 Å². The molecule has 0 aliphatic carbocycles. The van der Waals surface area contributed by atoms with Crippen molar-refractivity contribution in [2.24, 2.45) is 0 Å². The van der Waals surface area contributed by atoms with E-state index in [0.29, 0.717) is 0 Å². The molecule has 2 heteroatoms. The minimum Gasteiger partial charge on any atom is -0.228 e. The molecule has 0 radical (unpaired) electrons. The standard InChI is InChI=1S/C16H10N2/c1-3-7-14-11(5-1)9-13-10-12-6-2-4-8-15(12)18-16(13)17-14/h1-10H. The third-order valence-corrected chi connectivity index (χ3v) is 3.21. The molecule has 0 N–H and O–H groups in total. The van der Waals surface area contributed by atoms with Gasteiger partial charge < -0.3 is 0 Å². The van der Waals surface area contributed by atoms with Gasteiger partial charge in [0.05, 0.1) is 11.0 Å². The summed E-state index contributed by atoms with van der Waals surface area (Å²) in [5, 5.41) is 3.40. The van der Waals surface area contributed by atoms with Gasteiger partial charge in [0.25, 0.3) is 0 Å². The van der Waals surface area contributed by atoms with Gasteiger partial charge in [0.15, 0.2) is 5.65 Å². The molecular weight excluding hydrogens is 220 g/mol. The first-order chi connectivity index (χ1) is 8.90. The van der Waals surface area contributed by atoms with Crippen LogP contribution >= 0.6 is 0 Å². The first kappa shape index (κ1) is 9.54. The monoisotopic (exact) mass is 230 g/mol. The van der Waals surface area contributed by atoms with Gasteiger partial charge in [-0.3, -0.25) is 0 Å². The van der Waals surface area contributed by atoms with Gasteiger partial charge in [-0.25, -0.2) is 9.97 Å². The average molecular weight is 230 g/mol. The predicted octanol–water partition coefficient (Wildman–Crippen LogP) is 3.94. The molecule has 0 spiro atoms. The van der Waals surface area contributed by atoms with Crippen LogP contribution in [0.1, 0.15) is 0 Å². The molecule has 0 aliphatic heterocycles. The Labute approximate surface area is 104 Å². The second kappa shape index (κ2) is 3.50. The van der Waals surface area contributed by atoms with E-state index in [9.17, 15) is 0 Å². The molecule has 0 fully saturated rings. The van der Waals surface area contributed by atoms with Crippen molar-refractivity contribution < 1.29 is 0 Å². The van der Waals surface area contributed by atoms with Crippen molar-refractivity contribution in [1.82, 2.24) is 9.97 Å². The summed E-state index contributed by atoms with van der Waals surface area (Å²) >= 11 is 0. The third kappa shape index (κ3) is 1.36. The van der Waals surface area contributed by atoms with Gasteiger partial charge in [0.1, 0.15) is 0 Å². The maximum absolute atomic E-state index is 4.62. The van der Waals surface area contributed by atoms with Crippen LogP contribution in [-0.4, -0.2) is 9.97 Å². The quantitative estimate of drug-likeness (QED) is 0.428. The predicted molar refractivity (Wildman–Crippen MR) is 74.6 cm³/mol. The summed E-state index contributed by atoms with van der Waals surface area (Å²) in [5.74, 6) is 0. The molecule has 2 aromatic heterocycles. The zero-order valence-corrected chi connectivity index (χ0v) is 9.67. The highest BCUT2D eigenvalue weighted by Gasteiger charge is 2.02. The molecule has 0 bridgehead atoms. The smallest absolute Gasteiger partial charge is 0.160 e. The largest absolute Gasteiger partial charge is 0.228 e. The van der Waals surface area contributed by atoms with Crippen molar-refractivity contribution in [3.63, 3.8) is 0 Å². The van der Waals surface area contributed by atoms with E-state index in [0.717, 1.165) is 32.8 Å². The summed E-state index contributed by atoms with van der Waals surface area (Å²) < 4.78 is 0. The molecule has 2 heterocycles. The zero-order valence-electron chi connectivity index (χ0n) is 9.67. The third-order valence-electron chi connectivity index (χ3n) is 3.21. The molecule has 0 saturated heterocycles. The fourth-order valence-electron chi connectivity index (χ4n) is 2.31. The number of benzene rings is 2. The number of fused-ring (bicyclic) bond motifs is 3. The van der Waals surface area contributed by atoms with Gasteiger partial charge in [-0.1, -0.05) is 36.4 Å². The highest BCUT2D eigenvalue weighted by Crippen LogP contribution is 2.22. The van der Waals surface area contributed by atoms with Gasteiger partial charge in [-0.15, -0.1) is 0 Å². The first-order valence-corrected chi connectivity index (χ1v) is 5.95. The van der Waals surface area contributed by atoms with E-state index in [4.69, 9.17) is 0 Å². The van der Waals surface area contributed by atoms with E-state index in [1.54, 1.807) is 0 Å². The number of para-hydroxylation sites is 2. The van der Waals surface area contributed by atoms with E-state index in [1.807, 2.05) is 36.4 Å². The molecule has 2 aromatic carbocycles. The molecule has 0 unspecified atom stereocenters. The summed E-state index contributed by atoms with van der Waals surface area (Å²) in [7, 11) is 0. The number of hydrogen-bond donors (Lipinski definition) is 0. The van der Waals surface area contributed by atoms with E-state index in [2.05, 4.69) is 34.2 Å². The van der Waals surface area contributed by atoms with Gasteiger partial charge in [-0.2, -0.15) is 0 Å². The summed E-state index contributed by atoms with van der Waals surface area (Å²) in [6.45, 7) is 0. The first-order valence-electron chi connectivity index (χ1n) is 5.95. The second-order valence-electron chi connectivity index (χ2n) is 4.41. The summed E-state index contributed by atoms with van der Waals surface area (Å²) in [6.07, 6.45) is 0. The molecular formula is C16H10N2. The number of aromatic nitrogens is 2. The Kier molecular flexibility index (Phi) is 1.86. The molecule has 0 atom stereocenters. The van der Waals surface area contributed by atoms with Crippen molar-refractivity contribution >= 4 is 32.8 Å². The van der Waals surface area contributed by atoms with Gasteiger partial charge in [-0.05, 0) is 24.3 Å². The Morgan fingerprint density at radius 2 is 1.06 bits per heavy atom. The highest BCUT2D eigenvalue weighted by atomic mass is 14.8. The van der Waals surface area contributed by atoms with Gasteiger partial charge in [0.2, 0.25) is 0 Å². The van der Waals surface area contributed by atoms with Crippen molar-refractivity contribution in [3.05, 3.63) is 60.7 Å². The normalized spacial score (nSPS) is 11.3. The van der Waals surface area contributed by atoms with Crippen LogP contribution in [0.15, 0.2) is 60.7 Å². The fraction of sp³-hybridized carbons (Fsp3) is 0. The molecule has 0 aliphatic rings. The molecule has 84 valence electrons. The van der Waals surface area contributed by atoms with Crippen molar-refractivity contribution in [2.75, 3.05) is 0 Å². The van der Waals surface area contributed by atoms with Crippen molar-refractivity contribution in [1.29, 1.82) is 0 Å². The SMILES string of the molecule is c1ccc2nc3nc4ccccc4cc3cc2c1. The lowest BCUT2D eigenvalue weighted by Crippen LogP contribution is -1.87. The van der Waals surface area contributed by atoms with Crippen LogP contribution in [0.25, 0.3) is 32.8 Å². The van der Waals surface area contributed by atoms with Crippen molar-refractivity contribution in [3.8, 4) is 0 Å². The lowest BCUT2D eigenvalue weighted by Gasteiger charge is -2.03. The number of rotatable bonds is 0. The Balaban J connectivity index is 2.20. The zero-order chi connectivity index (χ0) is 11.9. The number of hydrogen-bond acceptors (Lipinski definition) is 2. The maximum atomic E-state index is 4.62. The Hall–Kier alpha value is -2.48. The molecule has 0 amide bonds. The fourth-order valence-corrected chi connectivity index (χ4v) is 2.31. The Bertz CT molecular complexity index is 737. The molecule has 2 nitrogen and oxygen atoms in total. The van der Waals surface area contributed by atoms with Crippen LogP contribution in [0.5, 0.6) is 0 Å². The van der Waals surface area contributed by atoms with Crippen LogP contribution in [0.2, 0.25) is 0 Å². The number of pyridine rings is 2. The maximum Gasteiger partial charge on any atom is 0.160 e. The second-order valence-corrected chi connectivity index (χ2v) is 4.41. The summed E-state index contributed by atoms with van der Waals surface area (Å²) in [4.78, 5) is 9.23. The summed E-state index contributed by atoms with van der Waals surface area (Å²) in [6, 6.07) is 20.6. The topological polar surface area (TPSA) is 25.8 Å². The Morgan fingerprint density at radius 3 is 1.61 bits per heavy atom. The number of nitrogens with zero attached hydrogens (tertiary/aromatic N) is 2. The van der Waals surface area contributed by atoms with E-state index in [-0.39, 0.29) is 0 Å². The van der Waals surface area contributed by atoms with E-state index >= 15 is 0 Å². The van der Waals surface area contributed by atoms with Crippen LogP contribution in [-0.2, 0) is 0 Å². The van der Waals surface area contributed by atoms with E-state index < -0.39 is 0 Å². The molecule has 4 aromatic rings. The molecule has 18 heavy (non-hydrogen) atoms. The van der Waals surface area contributed by atoms with Gasteiger partial charge in [0, 0.05) is 16.2 Å².